The minimum absolute atomic E-state index is 0.274. The summed E-state index contributed by atoms with van der Waals surface area (Å²) in [6.45, 7) is 1.91. The fourth-order valence-electron chi connectivity index (χ4n) is 2.15. The first-order chi connectivity index (χ1) is 11.6. The van der Waals surface area contributed by atoms with E-state index in [0.29, 0.717) is 16.5 Å². The molecule has 2 N–H and O–H groups in total. The predicted octanol–water partition coefficient (Wildman–Crippen LogP) is 4.43. The molecule has 0 aliphatic heterocycles. The Morgan fingerprint density at radius 3 is 2.62 bits per heavy atom. The number of nitrogens with zero attached hydrogens (tertiary/aromatic N) is 2. The van der Waals surface area contributed by atoms with Gasteiger partial charge in [-0.15, -0.1) is 0 Å². The predicted molar refractivity (Wildman–Crippen MR) is 95.9 cm³/mol. The second-order valence-electron chi connectivity index (χ2n) is 5.15. The van der Waals surface area contributed by atoms with Crippen molar-refractivity contribution in [2.45, 2.75) is 6.92 Å². The molecule has 0 radical (unpaired) electrons. The summed E-state index contributed by atoms with van der Waals surface area (Å²) in [7, 11) is 0. The van der Waals surface area contributed by atoms with Crippen molar-refractivity contribution in [3.05, 3.63) is 77.2 Å². The number of nitrogens with one attached hydrogen (secondary N) is 2. The Morgan fingerprint density at radius 2 is 1.83 bits per heavy atom. The van der Waals surface area contributed by atoms with E-state index < -0.39 is 0 Å². The normalized spacial score (nSPS) is 10.2. The van der Waals surface area contributed by atoms with Crippen LogP contribution >= 0.6 is 11.6 Å². The minimum atomic E-state index is -0.297. The summed E-state index contributed by atoms with van der Waals surface area (Å²) in [6.07, 6.45) is 1.35. The first-order valence-corrected chi connectivity index (χ1v) is 7.72. The Hall–Kier alpha value is -2.92. The SMILES string of the molecule is Cc1c(Cl)cccc1Nc1cc(C(=O)Nc2ccccc2)ncn1. The molecule has 6 heteroatoms. The van der Waals surface area contributed by atoms with Crippen molar-refractivity contribution in [3.63, 3.8) is 0 Å². The van der Waals surface area contributed by atoms with Gasteiger partial charge >= 0.3 is 0 Å². The first-order valence-electron chi connectivity index (χ1n) is 7.34. The Morgan fingerprint density at radius 1 is 1.04 bits per heavy atom. The molecule has 0 fully saturated rings. The van der Waals surface area contributed by atoms with Crippen molar-refractivity contribution in [2.75, 3.05) is 10.6 Å². The number of halogens is 1. The molecular formula is C18H15ClN4O. The summed E-state index contributed by atoms with van der Waals surface area (Å²) in [5, 5.41) is 6.61. The van der Waals surface area contributed by atoms with Crippen LogP contribution in [0.1, 0.15) is 16.1 Å². The lowest BCUT2D eigenvalue weighted by atomic mass is 10.2. The van der Waals surface area contributed by atoms with Gasteiger partial charge in [-0.25, -0.2) is 9.97 Å². The number of para-hydroxylation sites is 1. The van der Waals surface area contributed by atoms with E-state index in [9.17, 15) is 4.79 Å². The van der Waals surface area contributed by atoms with Gasteiger partial charge in [-0.1, -0.05) is 35.9 Å². The van der Waals surface area contributed by atoms with E-state index in [2.05, 4.69) is 20.6 Å². The molecule has 1 heterocycles. The second kappa shape index (κ2) is 7.10. The van der Waals surface area contributed by atoms with Crippen molar-refractivity contribution >= 4 is 34.7 Å². The molecule has 3 rings (SSSR count). The molecule has 2 aromatic carbocycles. The number of hydrogen-bond donors (Lipinski definition) is 2. The lowest BCUT2D eigenvalue weighted by Crippen LogP contribution is -2.14. The molecule has 0 aliphatic carbocycles. The van der Waals surface area contributed by atoms with Gasteiger partial charge in [0, 0.05) is 22.5 Å². The van der Waals surface area contributed by atoms with Crippen LogP contribution in [0, 0.1) is 6.92 Å². The minimum Gasteiger partial charge on any atom is -0.340 e. The van der Waals surface area contributed by atoms with Crippen molar-refractivity contribution < 1.29 is 4.79 Å². The average molecular weight is 339 g/mol. The molecule has 0 aliphatic rings. The van der Waals surface area contributed by atoms with Crippen LogP contribution in [0.4, 0.5) is 17.2 Å². The van der Waals surface area contributed by atoms with Gasteiger partial charge in [0.2, 0.25) is 0 Å². The van der Waals surface area contributed by atoms with E-state index >= 15 is 0 Å². The van der Waals surface area contributed by atoms with E-state index in [1.165, 1.54) is 6.33 Å². The van der Waals surface area contributed by atoms with Gasteiger partial charge in [0.25, 0.3) is 5.91 Å². The number of carbonyl (C=O) groups is 1. The number of benzene rings is 2. The van der Waals surface area contributed by atoms with Crippen molar-refractivity contribution in [1.82, 2.24) is 9.97 Å². The number of aromatic nitrogens is 2. The summed E-state index contributed by atoms with van der Waals surface area (Å²) >= 11 is 6.12. The van der Waals surface area contributed by atoms with Gasteiger partial charge in [-0.3, -0.25) is 4.79 Å². The van der Waals surface area contributed by atoms with Crippen molar-refractivity contribution in [1.29, 1.82) is 0 Å². The fraction of sp³-hybridized carbons (Fsp3) is 0.0556. The summed E-state index contributed by atoms with van der Waals surface area (Å²) in [6, 6.07) is 16.4. The highest BCUT2D eigenvalue weighted by molar-refractivity contribution is 6.31. The highest BCUT2D eigenvalue weighted by Gasteiger charge is 2.10. The Kier molecular flexibility index (Phi) is 4.72. The molecule has 120 valence electrons. The third-order valence-corrected chi connectivity index (χ3v) is 3.87. The topological polar surface area (TPSA) is 66.9 Å². The summed E-state index contributed by atoms with van der Waals surface area (Å²) in [4.78, 5) is 20.5. The molecule has 24 heavy (non-hydrogen) atoms. The standard InChI is InChI=1S/C18H15ClN4O/c1-12-14(19)8-5-9-15(12)23-17-10-16(20-11-21-17)18(24)22-13-6-3-2-4-7-13/h2-11H,1H3,(H,22,24)(H,20,21,23). The van der Waals surface area contributed by atoms with E-state index in [1.807, 2.05) is 55.5 Å². The van der Waals surface area contributed by atoms with Crippen LogP contribution in [-0.4, -0.2) is 15.9 Å². The fourth-order valence-corrected chi connectivity index (χ4v) is 2.32. The summed E-state index contributed by atoms with van der Waals surface area (Å²) < 4.78 is 0. The highest BCUT2D eigenvalue weighted by atomic mass is 35.5. The first kappa shape index (κ1) is 16.0. The molecule has 3 aromatic rings. The number of amides is 1. The molecule has 1 aromatic heterocycles. The second-order valence-corrected chi connectivity index (χ2v) is 5.55. The van der Waals surface area contributed by atoms with Gasteiger partial charge in [0.05, 0.1) is 0 Å². The van der Waals surface area contributed by atoms with E-state index in [4.69, 9.17) is 11.6 Å². The maximum absolute atomic E-state index is 12.3. The number of hydrogen-bond acceptors (Lipinski definition) is 4. The molecule has 0 atom stereocenters. The van der Waals surface area contributed by atoms with Gasteiger partial charge < -0.3 is 10.6 Å². The van der Waals surface area contributed by atoms with Gasteiger partial charge in [-0.05, 0) is 36.8 Å². The van der Waals surface area contributed by atoms with Crippen LogP contribution in [0.3, 0.4) is 0 Å². The zero-order valence-corrected chi connectivity index (χ0v) is 13.7. The third kappa shape index (κ3) is 3.70. The van der Waals surface area contributed by atoms with Crippen LogP contribution in [-0.2, 0) is 0 Å². The Bertz CT molecular complexity index is 868. The maximum Gasteiger partial charge on any atom is 0.274 e. The van der Waals surface area contributed by atoms with E-state index in [-0.39, 0.29) is 11.6 Å². The Balaban J connectivity index is 1.79. The zero-order valence-electron chi connectivity index (χ0n) is 13.0. The van der Waals surface area contributed by atoms with Gasteiger partial charge in [0.15, 0.2) is 0 Å². The van der Waals surface area contributed by atoms with E-state index in [0.717, 1.165) is 11.3 Å². The summed E-state index contributed by atoms with van der Waals surface area (Å²) in [5.41, 5.74) is 2.72. The molecule has 5 nitrogen and oxygen atoms in total. The zero-order chi connectivity index (χ0) is 16.9. The third-order valence-electron chi connectivity index (χ3n) is 3.46. The smallest absolute Gasteiger partial charge is 0.274 e. The van der Waals surface area contributed by atoms with Gasteiger partial charge in [-0.2, -0.15) is 0 Å². The lowest BCUT2D eigenvalue weighted by Gasteiger charge is -2.10. The lowest BCUT2D eigenvalue weighted by molar-refractivity contribution is 0.102. The quantitative estimate of drug-likeness (QED) is 0.738. The monoisotopic (exact) mass is 338 g/mol. The van der Waals surface area contributed by atoms with Crippen LogP contribution in [0.5, 0.6) is 0 Å². The van der Waals surface area contributed by atoms with Crippen LogP contribution in [0.2, 0.25) is 5.02 Å². The highest BCUT2D eigenvalue weighted by Crippen LogP contribution is 2.25. The molecule has 0 spiro atoms. The van der Waals surface area contributed by atoms with Crippen LogP contribution < -0.4 is 10.6 Å². The molecule has 1 amide bonds. The van der Waals surface area contributed by atoms with Gasteiger partial charge in [0.1, 0.15) is 17.8 Å². The summed E-state index contributed by atoms with van der Waals surface area (Å²) in [5.74, 6) is 0.225. The number of anilines is 3. The molecule has 0 unspecified atom stereocenters. The number of rotatable bonds is 4. The van der Waals surface area contributed by atoms with Crippen LogP contribution in [0.15, 0.2) is 60.9 Å². The molecule has 0 saturated heterocycles. The van der Waals surface area contributed by atoms with Crippen molar-refractivity contribution in [3.8, 4) is 0 Å². The maximum atomic E-state index is 12.3. The Labute approximate surface area is 144 Å². The molecule has 0 bridgehead atoms. The van der Waals surface area contributed by atoms with E-state index in [1.54, 1.807) is 6.07 Å². The van der Waals surface area contributed by atoms with Crippen LogP contribution in [0.25, 0.3) is 0 Å². The molecular weight excluding hydrogens is 324 g/mol. The van der Waals surface area contributed by atoms with Crippen molar-refractivity contribution in [2.24, 2.45) is 0 Å². The number of carbonyl (C=O) groups excluding carboxylic acids is 1. The average Bonchev–Trinajstić information content (AvgIpc) is 2.60. The largest absolute Gasteiger partial charge is 0.340 e. The molecule has 0 saturated carbocycles.